The summed E-state index contributed by atoms with van der Waals surface area (Å²) in [6.45, 7) is 0.355. The molecule has 0 radical (unpaired) electrons. The number of amides is 1. The molecule has 1 N–H and O–H groups in total. The van der Waals surface area contributed by atoms with Crippen LogP contribution in [-0.2, 0) is 6.54 Å². The lowest BCUT2D eigenvalue weighted by Crippen LogP contribution is -2.22. The Labute approximate surface area is 121 Å². The number of nitrogens with zero attached hydrogens (tertiary/aromatic N) is 2. The van der Waals surface area contributed by atoms with Crippen molar-refractivity contribution in [3.05, 3.63) is 72.4 Å². The molecule has 3 rings (SSSR count). The second kappa shape index (κ2) is 6.00. The molecule has 5 nitrogen and oxygen atoms in total. The van der Waals surface area contributed by atoms with Gasteiger partial charge in [-0.2, -0.15) is 0 Å². The molecule has 3 aromatic heterocycles. The Morgan fingerprint density at radius 3 is 2.62 bits per heavy atom. The SMILES string of the molecule is O=C(NCc1ccco1)c1ccc(-c2ccccn2)nc1. The summed E-state index contributed by atoms with van der Waals surface area (Å²) < 4.78 is 5.16. The van der Waals surface area contributed by atoms with E-state index in [-0.39, 0.29) is 5.91 Å². The fraction of sp³-hybridized carbons (Fsp3) is 0.0625. The van der Waals surface area contributed by atoms with Gasteiger partial charge >= 0.3 is 0 Å². The molecule has 0 aromatic carbocycles. The summed E-state index contributed by atoms with van der Waals surface area (Å²) in [6, 6.07) is 12.7. The van der Waals surface area contributed by atoms with E-state index in [9.17, 15) is 4.79 Å². The molecule has 0 bridgehead atoms. The van der Waals surface area contributed by atoms with Crippen LogP contribution in [0.25, 0.3) is 11.4 Å². The number of hydrogen-bond donors (Lipinski definition) is 1. The average molecular weight is 279 g/mol. The van der Waals surface area contributed by atoms with Gasteiger partial charge in [0.15, 0.2) is 0 Å². The molecule has 3 aromatic rings. The van der Waals surface area contributed by atoms with Gasteiger partial charge in [-0.1, -0.05) is 6.07 Å². The largest absolute Gasteiger partial charge is 0.467 e. The van der Waals surface area contributed by atoms with Crippen molar-refractivity contribution in [3.63, 3.8) is 0 Å². The topological polar surface area (TPSA) is 68.0 Å². The maximum atomic E-state index is 12.0. The van der Waals surface area contributed by atoms with Crippen molar-refractivity contribution < 1.29 is 9.21 Å². The number of aromatic nitrogens is 2. The molecule has 3 heterocycles. The highest BCUT2D eigenvalue weighted by atomic mass is 16.3. The summed E-state index contributed by atoms with van der Waals surface area (Å²) >= 11 is 0. The van der Waals surface area contributed by atoms with Crippen LogP contribution in [0.3, 0.4) is 0 Å². The molecule has 5 heteroatoms. The van der Waals surface area contributed by atoms with Crippen LogP contribution in [0.15, 0.2) is 65.5 Å². The van der Waals surface area contributed by atoms with E-state index in [0.29, 0.717) is 17.9 Å². The molecule has 104 valence electrons. The highest BCUT2D eigenvalue weighted by molar-refractivity contribution is 5.94. The Bertz CT molecular complexity index is 707. The van der Waals surface area contributed by atoms with Gasteiger partial charge in [0.25, 0.3) is 5.91 Å². The fourth-order valence-corrected chi connectivity index (χ4v) is 1.88. The molecule has 0 fully saturated rings. The van der Waals surface area contributed by atoms with E-state index in [4.69, 9.17) is 4.42 Å². The Balaban J connectivity index is 1.67. The zero-order chi connectivity index (χ0) is 14.5. The van der Waals surface area contributed by atoms with Gasteiger partial charge < -0.3 is 9.73 Å². The van der Waals surface area contributed by atoms with Gasteiger partial charge in [0.2, 0.25) is 0 Å². The summed E-state index contributed by atoms with van der Waals surface area (Å²) in [5, 5.41) is 2.77. The number of furan rings is 1. The van der Waals surface area contributed by atoms with Crippen molar-refractivity contribution in [1.82, 2.24) is 15.3 Å². The summed E-state index contributed by atoms with van der Waals surface area (Å²) in [5.41, 5.74) is 2.01. The van der Waals surface area contributed by atoms with Crippen LogP contribution in [0, 0.1) is 0 Å². The molecule has 0 aliphatic rings. The van der Waals surface area contributed by atoms with Crippen molar-refractivity contribution in [1.29, 1.82) is 0 Å². The molecule has 0 aliphatic heterocycles. The first-order valence-electron chi connectivity index (χ1n) is 6.51. The van der Waals surface area contributed by atoms with E-state index in [0.717, 1.165) is 11.4 Å². The molecule has 0 spiro atoms. The summed E-state index contributed by atoms with van der Waals surface area (Å²) in [7, 11) is 0. The van der Waals surface area contributed by atoms with Crippen LogP contribution in [0.2, 0.25) is 0 Å². The molecule has 21 heavy (non-hydrogen) atoms. The standard InChI is InChI=1S/C16H13N3O2/c20-16(19-11-13-4-3-9-21-13)12-6-7-15(18-10-12)14-5-1-2-8-17-14/h1-10H,11H2,(H,19,20). The monoisotopic (exact) mass is 279 g/mol. The van der Waals surface area contributed by atoms with Gasteiger partial charge in [0.1, 0.15) is 5.76 Å². The van der Waals surface area contributed by atoms with Gasteiger partial charge in [0, 0.05) is 12.4 Å². The van der Waals surface area contributed by atoms with E-state index in [1.54, 1.807) is 36.9 Å². The minimum Gasteiger partial charge on any atom is -0.467 e. The minimum atomic E-state index is -0.188. The van der Waals surface area contributed by atoms with Crippen molar-refractivity contribution in [2.75, 3.05) is 0 Å². The molecular formula is C16H13N3O2. The van der Waals surface area contributed by atoms with E-state index >= 15 is 0 Å². The first-order valence-corrected chi connectivity index (χ1v) is 6.51. The lowest BCUT2D eigenvalue weighted by Gasteiger charge is -2.04. The molecule has 0 atom stereocenters. The number of rotatable bonds is 4. The van der Waals surface area contributed by atoms with Crippen molar-refractivity contribution in [3.8, 4) is 11.4 Å². The third-order valence-electron chi connectivity index (χ3n) is 2.96. The van der Waals surface area contributed by atoms with Gasteiger partial charge in [-0.15, -0.1) is 0 Å². The first-order chi connectivity index (χ1) is 10.3. The zero-order valence-electron chi connectivity index (χ0n) is 11.2. The Kier molecular flexibility index (Phi) is 3.73. The Hall–Kier alpha value is -2.95. The molecule has 0 saturated carbocycles. The van der Waals surface area contributed by atoms with Crippen molar-refractivity contribution in [2.24, 2.45) is 0 Å². The van der Waals surface area contributed by atoms with Gasteiger partial charge in [-0.05, 0) is 36.4 Å². The summed E-state index contributed by atoms with van der Waals surface area (Å²) in [5.74, 6) is 0.521. The van der Waals surface area contributed by atoms with Gasteiger partial charge in [0.05, 0.1) is 29.8 Å². The summed E-state index contributed by atoms with van der Waals surface area (Å²) in [4.78, 5) is 20.5. The van der Waals surface area contributed by atoms with Crippen LogP contribution < -0.4 is 5.32 Å². The number of hydrogen-bond acceptors (Lipinski definition) is 4. The number of carbonyl (C=O) groups excluding carboxylic acids is 1. The van der Waals surface area contributed by atoms with Crippen LogP contribution in [0.4, 0.5) is 0 Å². The molecule has 0 unspecified atom stereocenters. The first kappa shape index (κ1) is 13.1. The second-order valence-corrected chi connectivity index (χ2v) is 4.41. The third-order valence-corrected chi connectivity index (χ3v) is 2.96. The molecule has 1 amide bonds. The normalized spacial score (nSPS) is 10.3. The van der Waals surface area contributed by atoms with E-state index in [2.05, 4.69) is 15.3 Å². The van der Waals surface area contributed by atoms with Crippen molar-refractivity contribution >= 4 is 5.91 Å². The van der Waals surface area contributed by atoms with E-state index in [1.165, 1.54) is 0 Å². The zero-order valence-corrected chi connectivity index (χ0v) is 11.2. The smallest absolute Gasteiger partial charge is 0.253 e. The quantitative estimate of drug-likeness (QED) is 0.797. The highest BCUT2D eigenvalue weighted by Gasteiger charge is 2.07. The minimum absolute atomic E-state index is 0.188. The van der Waals surface area contributed by atoms with Gasteiger partial charge in [-0.25, -0.2) is 0 Å². The molecule has 0 aliphatic carbocycles. The molecular weight excluding hydrogens is 266 g/mol. The van der Waals surface area contributed by atoms with Crippen LogP contribution in [0.5, 0.6) is 0 Å². The lowest BCUT2D eigenvalue weighted by molar-refractivity contribution is 0.0947. The number of nitrogens with one attached hydrogen (secondary N) is 1. The Morgan fingerprint density at radius 2 is 1.95 bits per heavy atom. The van der Waals surface area contributed by atoms with Crippen LogP contribution >= 0.6 is 0 Å². The maximum absolute atomic E-state index is 12.0. The van der Waals surface area contributed by atoms with E-state index < -0.39 is 0 Å². The average Bonchev–Trinajstić information content (AvgIpc) is 3.07. The number of pyridine rings is 2. The molecule has 0 saturated heterocycles. The fourth-order valence-electron chi connectivity index (χ4n) is 1.88. The Morgan fingerprint density at radius 1 is 1.05 bits per heavy atom. The van der Waals surface area contributed by atoms with E-state index in [1.807, 2.05) is 24.3 Å². The predicted molar refractivity (Wildman–Crippen MR) is 77.3 cm³/mol. The van der Waals surface area contributed by atoms with Crippen molar-refractivity contribution in [2.45, 2.75) is 6.54 Å². The van der Waals surface area contributed by atoms with Crippen LogP contribution in [-0.4, -0.2) is 15.9 Å². The third kappa shape index (κ3) is 3.14. The van der Waals surface area contributed by atoms with Crippen LogP contribution in [0.1, 0.15) is 16.1 Å². The predicted octanol–water partition coefficient (Wildman–Crippen LogP) is 2.67. The highest BCUT2D eigenvalue weighted by Crippen LogP contribution is 2.13. The number of carbonyl (C=O) groups is 1. The van der Waals surface area contributed by atoms with Gasteiger partial charge in [-0.3, -0.25) is 14.8 Å². The summed E-state index contributed by atoms with van der Waals surface area (Å²) in [6.07, 6.45) is 4.83. The lowest BCUT2D eigenvalue weighted by atomic mass is 10.2. The maximum Gasteiger partial charge on any atom is 0.253 e. The second-order valence-electron chi connectivity index (χ2n) is 4.41.